The van der Waals surface area contributed by atoms with Crippen molar-refractivity contribution in [1.82, 2.24) is 9.78 Å². The number of fused-ring (bicyclic) bond motifs is 2. The third kappa shape index (κ3) is 3.10. The van der Waals surface area contributed by atoms with Crippen LogP contribution in [0.5, 0.6) is 5.75 Å². The fourth-order valence-corrected chi connectivity index (χ4v) is 4.78. The molecule has 0 unspecified atom stereocenters. The predicted octanol–water partition coefficient (Wildman–Crippen LogP) is 3.98. The van der Waals surface area contributed by atoms with Crippen LogP contribution in [0, 0.1) is 11.3 Å². The summed E-state index contributed by atoms with van der Waals surface area (Å²) in [5.41, 5.74) is 3.86. The quantitative estimate of drug-likeness (QED) is 0.521. The lowest BCUT2D eigenvalue weighted by Gasteiger charge is -2.36. The van der Waals surface area contributed by atoms with Crippen LogP contribution < -0.4 is 9.80 Å². The highest BCUT2D eigenvalue weighted by Crippen LogP contribution is 2.39. The molecule has 1 aliphatic heterocycles. The first-order valence-corrected chi connectivity index (χ1v) is 10.6. The lowest BCUT2D eigenvalue weighted by Crippen LogP contribution is -2.42. The third-order valence-corrected chi connectivity index (χ3v) is 6.71. The van der Waals surface area contributed by atoms with E-state index in [1.165, 1.54) is 17.4 Å². The van der Waals surface area contributed by atoms with Crippen LogP contribution in [-0.4, -0.2) is 40.9 Å². The molecule has 1 amide bonds. The van der Waals surface area contributed by atoms with E-state index in [1.54, 1.807) is 35.0 Å². The van der Waals surface area contributed by atoms with Crippen molar-refractivity contribution >= 4 is 39.5 Å². The molecule has 8 heteroatoms. The number of thiophene rings is 1. The maximum atomic E-state index is 13.5. The Morgan fingerprint density at radius 3 is 2.74 bits per heavy atom. The number of phenols is 1. The number of phenolic OH excluding ortho intramolecular Hbond substituents is 1. The Morgan fingerprint density at radius 2 is 1.97 bits per heavy atom. The normalized spacial score (nSPS) is 13.3. The molecule has 0 fully saturated rings. The SMILES string of the molecule is CN1CCN(C(=O)c2cc(O)c3cnn(C)c3c2)c2cc(-c3ccc(C#N)s3)ccc21. The van der Waals surface area contributed by atoms with Crippen LogP contribution in [0.3, 0.4) is 0 Å². The van der Waals surface area contributed by atoms with Gasteiger partial charge >= 0.3 is 0 Å². The van der Waals surface area contributed by atoms with Crippen LogP contribution in [0.4, 0.5) is 11.4 Å². The molecule has 5 rings (SSSR count). The number of hydrogen-bond donors (Lipinski definition) is 1. The molecule has 1 N–H and O–H groups in total. The zero-order chi connectivity index (χ0) is 21.7. The van der Waals surface area contributed by atoms with Crippen molar-refractivity contribution in [2.45, 2.75) is 0 Å². The fraction of sp³-hybridized carbons (Fsp3) is 0.174. The number of aromatic nitrogens is 2. The molecular weight excluding hydrogens is 410 g/mol. The highest BCUT2D eigenvalue weighted by atomic mass is 32.1. The van der Waals surface area contributed by atoms with Gasteiger partial charge in [-0.05, 0) is 42.0 Å². The van der Waals surface area contributed by atoms with Crippen LogP contribution in [0.15, 0.2) is 48.7 Å². The second kappa shape index (κ2) is 7.15. The molecule has 0 spiro atoms. The third-order valence-electron chi connectivity index (χ3n) is 5.67. The predicted molar refractivity (Wildman–Crippen MR) is 122 cm³/mol. The number of carbonyl (C=O) groups is 1. The summed E-state index contributed by atoms with van der Waals surface area (Å²) in [6, 6.07) is 15.2. The number of nitrogens with zero attached hydrogens (tertiary/aromatic N) is 5. The molecule has 1 aliphatic rings. The molecule has 7 nitrogen and oxygen atoms in total. The number of hydrogen-bond acceptors (Lipinski definition) is 6. The number of anilines is 2. The van der Waals surface area contributed by atoms with Gasteiger partial charge in [-0.25, -0.2) is 0 Å². The van der Waals surface area contributed by atoms with E-state index in [0.717, 1.165) is 21.8 Å². The maximum Gasteiger partial charge on any atom is 0.258 e. The average Bonchev–Trinajstić information content (AvgIpc) is 3.41. The number of rotatable bonds is 2. The fourth-order valence-electron chi connectivity index (χ4n) is 3.98. The zero-order valence-corrected chi connectivity index (χ0v) is 17.8. The summed E-state index contributed by atoms with van der Waals surface area (Å²) in [5, 5.41) is 24.3. The van der Waals surface area contributed by atoms with Crippen LogP contribution in [0.1, 0.15) is 15.2 Å². The highest BCUT2D eigenvalue weighted by molar-refractivity contribution is 7.16. The molecule has 3 heterocycles. The van der Waals surface area contributed by atoms with Crippen molar-refractivity contribution in [2.24, 2.45) is 7.05 Å². The molecule has 0 radical (unpaired) electrons. The van der Waals surface area contributed by atoms with Gasteiger partial charge in [0.05, 0.1) is 28.5 Å². The molecule has 0 saturated heterocycles. The topological polar surface area (TPSA) is 85.4 Å². The summed E-state index contributed by atoms with van der Waals surface area (Å²) in [6.07, 6.45) is 1.59. The Labute approximate surface area is 183 Å². The van der Waals surface area contributed by atoms with Gasteiger partial charge in [-0.1, -0.05) is 6.07 Å². The van der Waals surface area contributed by atoms with Crippen molar-refractivity contribution in [3.63, 3.8) is 0 Å². The molecule has 4 aromatic rings. The van der Waals surface area contributed by atoms with Crippen molar-refractivity contribution < 1.29 is 9.90 Å². The minimum absolute atomic E-state index is 0.0414. The van der Waals surface area contributed by atoms with Gasteiger partial charge in [0.25, 0.3) is 5.91 Å². The van der Waals surface area contributed by atoms with Gasteiger partial charge in [-0.2, -0.15) is 10.4 Å². The summed E-state index contributed by atoms with van der Waals surface area (Å²) in [7, 11) is 3.79. The van der Waals surface area contributed by atoms with E-state index in [0.29, 0.717) is 34.4 Å². The summed E-state index contributed by atoms with van der Waals surface area (Å²) in [5.74, 6) is -0.131. The molecule has 0 aliphatic carbocycles. The molecule has 0 saturated carbocycles. The molecule has 2 aromatic carbocycles. The molecular formula is C23H19N5O2S. The van der Waals surface area contributed by atoms with E-state index in [2.05, 4.69) is 16.1 Å². The lowest BCUT2D eigenvalue weighted by atomic mass is 10.1. The number of likely N-dealkylation sites (N-methyl/N-ethyl adjacent to an activating group) is 1. The number of carbonyl (C=O) groups excluding carboxylic acids is 1. The smallest absolute Gasteiger partial charge is 0.258 e. The van der Waals surface area contributed by atoms with Gasteiger partial charge in [0.2, 0.25) is 0 Å². The Hall–Kier alpha value is -3.83. The summed E-state index contributed by atoms with van der Waals surface area (Å²) < 4.78 is 1.64. The van der Waals surface area contributed by atoms with Crippen LogP contribution in [0.25, 0.3) is 21.3 Å². The van der Waals surface area contributed by atoms with E-state index in [-0.39, 0.29) is 11.7 Å². The molecule has 31 heavy (non-hydrogen) atoms. The lowest BCUT2D eigenvalue weighted by molar-refractivity contribution is 0.0986. The van der Waals surface area contributed by atoms with Crippen LogP contribution in [-0.2, 0) is 7.05 Å². The second-order valence-electron chi connectivity index (χ2n) is 7.55. The van der Waals surface area contributed by atoms with E-state index in [4.69, 9.17) is 5.26 Å². The Bertz CT molecular complexity index is 1380. The summed E-state index contributed by atoms with van der Waals surface area (Å²) in [6.45, 7) is 1.24. The largest absolute Gasteiger partial charge is 0.507 e. The highest BCUT2D eigenvalue weighted by Gasteiger charge is 2.27. The van der Waals surface area contributed by atoms with E-state index in [1.807, 2.05) is 31.3 Å². The van der Waals surface area contributed by atoms with Crippen LogP contribution in [0.2, 0.25) is 0 Å². The Balaban J connectivity index is 1.59. The minimum atomic E-state index is -0.172. The number of nitriles is 1. The van der Waals surface area contributed by atoms with Crippen molar-refractivity contribution in [3.8, 4) is 22.3 Å². The maximum absolute atomic E-state index is 13.5. The van der Waals surface area contributed by atoms with Crippen molar-refractivity contribution in [1.29, 1.82) is 5.26 Å². The van der Waals surface area contributed by atoms with Gasteiger partial charge in [0, 0.05) is 37.6 Å². The van der Waals surface area contributed by atoms with E-state index in [9.17, 15) is 9.90 Å². The second-order valence-corrected chi connectivity index (χ2v) is 8.64. The number of amides is 1. The Kier molecular flexibility index (Phi) is 4.41. The van der Waals surface area contributed by atoms with Gasteiger partial charge < -0.3 is 14.9 Å². The number of benzene rings is 2. The van der Waals surface area contributed by atoms with Gasteiger partial charge in [-0.15, -0.1) is 11.3 Å². The molecule has 154 valence electrons. The summed E-state index contributed by atoms with van der Waals surface area (Å²) in [4.78, 5) is 19.0. The number of aryl methyl sites for hydroxylation is 1. The summed E-state index contributed by atoms with van der Waals surface area (Å²) >= 11 is 1.43. The minimum Gasteiger partial charge on any atom is -0.507 e. The monoisotopic (exact) mass is 429 g/mol. The average molecular weight is 430 g/mol. The van der Waals surface area contributed by atoms with E-state index < -0.39 is 0 Å². The molecule has 0 bridgehead atoms. The number of aromatic hydroxyl groups is 1. The van der Waals surface area contributed by atoms with E-state index >= 15 is 0 Å². The van der Waals surface area contributed by atoms with Gasteiger partial charge in [0.15, 0.2) is 0 Å². The standard InChI is InChI=1S/C23H19N5O2S/c1-26-7-8-28(23(30)15-10-19-17(21(29)11-15)13-25-27(19)2)20-9-14(3-5-18(20)26)22-6-4-16(12-24)31-22/h3-6,9-11,13,29H,7-8H2,1-2H3. The van der Waals surface area contributed by atoms with Crippen molar-refractivity contribution in [2.75, 3.05) is 29.9 Å². The first-order chi connectivity index (χ1) is 15.0. The molecule has 0 atom stereocenters. The van der Waals surface area contributed by atoms with Crippen LogP contribution >= 0.6 is 11.3 Å². The first-order valence-electron chi connectivity index (χ1n) is 9.78. The van der Waals surface area contributed by atoms with Crippen molar-refractivity contribution in [3.05, 3.63) is 59.1 Å². The van der Waals surface area contributed by atoms with Gasteiger partial charge in [0.1, 0.15) is 16.7 Å². The molecule has 2 aromatic heterocycles. The first kappa shape index (κ1) is 19.2. The van der Waals surface area contributed by atoms with Gasteiger partial charge in [-0.3, -0.25) is 9.48 Å². The zero-order valence-electron chi connectivity index (χ0n) is 17.0. The Morgan fingerprint density at radius 1 is 1.13 bits per heavy atom.